The van der Waals surface area contributed by atoms with Crippen LogP contribution < -0.4 is 15.6 Å². The Labute approximate surface area is 182 Å². The van der Waals surface area contributed by atoms with Gasteiger partial charge in [-0.2, -0.15) is 5.10 Å². The van der Waals surface area contributed by atoms with Gasteiger partial charge in [0, 0.05) is 45.7 Å². The number of halogens is 1. The van der Waals surface area contributed by atoms with Crippen molar-refractivity contribution in [1.82, 2.24) is 5.43 Å². The van der Waals surface area contributed by atoms with Gasteiger partial charge in [-0.3, -0.25) is 14.9 Å². The maximum absolute atomic E-state index is 12.1. The second-order valence-corrected chi connectivity index (χ2v) is 7.84. The van der Waals surface area contributed by atoms with Crippen molar-refractivity contribution < 1.29 is 9.72 Å². The lowest BCUT2D eigenvalue weighted by atomic mass is 10.1. The number of rotatable bonds is 7. The Kier molecular flexibility index (Phi) is 7.39. The molecule has 1 fully saturated rings. The molecule has 3 rings (SSSR count). The van der Waals surface area contributed by atoms with Crippen molar-refractivity contribution in [2.24, 2.45) is 5.10 Å². The van der Waals surface area contributed by atoms with E-state index in [0.29, 0.717) is 5.56 Å². The fraction of sp³-hybridized carbons (Fsp3) is 0.300. The Morgan fingerprint density at radius 3 is 2.69 bits per heavy atom. The van der Waals surface area contributed by atoms with Gasteiger partial charge in [0.2, 0.25) is 0 Å². The van der Waals surface area contributed by atoms with Crippen molar-refractivity contribution in [3.05, 3.63) is 61.7 Å². The first-order chi connectivity index (χ1) is 14.0. The number of hydrazone groups is 1. The molecule has 8 nitrogen and oxygen atoms in total. The van der Waals surface area contributed by atoms with Gasteiger partial charge >= 0.3 is 0 Å². The van der Waals surface area contributed by atoms with Gasteiger partial charge in [0.25, 0.3) is 11.6 Å². The number of non-ortho nitro benzene ring substituents is 1. The van der Waals surface area contributed by atoms with Crippen LogP contribution >= 0.6 is 22.6 Å². The summed E-state index contributed by atoms with van der Waals surface area (Å²) < 4.78 is 1.02. The number of nitro groups is 1. The molecule has 0 aromatic heterocycles. The fourth-order valence-corrected chi connectivity index (χ4v) is 3.75. The third kappa shape index (κ3) is 5.89. The summed E-state index contributed by atoms with van der Waals surface area (Å²) >= 11 is 2.19. The Morgan fingerprint density at radius 2 is 1.97 bits per heavy atom. The molecule has 1 aliphatic rings. The van der Waals surface area contributed by atoms with E-state index in [-0.39, 0.29) is 18.1 Å². The van der Waals surface area contributed by atoms with Gasteiger partial charge in [-0.1, -0.05) is 12.1 Å². The molecule has 0 aliphatic carbocycles. The Morgan fingerprint density at radius 1 is 1.21 bits per heavy atom. The molecule has 1 aliphatic heterocycles. The van der Waals surface area contributed by atoms with Crippen molar-refractivity contribution in [3.63, 3.8) is 0 Å². The molecule has 0 radical (unpaired) electrons. The first-order valence-corrected chi connectivity index (χ1v) is 10.5. The van der Waals surface area contributed by atoms with Crippen LogP contribution in [0.5, 0.6) is 0 Å². The van der Waals surface area contributed by atoms with E-state index in [1.165, 1.54) is 24.8 Å². The first-order valence-electron chi connectivity index (χ1n) is 9.38. The summed E-state index contributed by atoms with van der Waals surface area (Å²) in [4.78, 5) is 25.0. The van der Waals surface area contributed by atoms with Crippen LogP contribution in [0.25, 0.3) is 0 Å². The lowest BCUT2D eigenvalue weighted by Gasteiger charge is -2.29. The molecule has 0 spiro atoms. The van der Waals surface area contributed by atoms with Gasteiger partial charge in [-0.25, -0.2) is 5.43 Å². The zero-order chi connectivity index (χ0) is 20.6. The third-order valence-electron chi connectivity index (χ3n) is 4.62. The van der Waals surface area contributed by atoms with E-state index in [1.54, 1.807) is 6.07 Å². The van der Waals surface area contributed by atoms with Crippen LogP contribution in [0.15, 0.2) is 47.6 Å². The summed E-state index contributed by atoms with van der Waals surface area (Å²) in [7, 11) is 0. The summed E-state index contributed by atoms with van der Waals surface area (Å²) in [6, 6.07) is 12.4. The number of piperidine rings is 1. The number of benzene rings is 2. The number of nitrogens with one attached hydrogen (secondary N) is 2. The summed E-state index contributed by atoms with van der Waals surface area (Å²) in [5.41, 5.74) is 4.86. The van der Waals surface area contributed by atoms with Crippen LogP contribution in [0.3, 0.4) is 0 Å². The van der Waals surface area contributed by atoms with E-state index in [1.807, 2.05) is 24.3 Å². The van der Waals surface area contributed by atoms with Crippen molar-refractivity contribution >= 4 is 51.8 Å². The van der Waals surface area contributed by atoms with Gasteiger partial charge in [0.05, 0.1) is 17.7 Å². The molecule has 1 heterocycles. The molecule has 2 N–H and O–H groups in total. The zero-order valence-electron chi connectivity index (χ0n) is 15.8. The Hall–Kier alpha value is -2.69. The van der Waals surface area contributed by atoms with Crippen LogP contribution in [-0.2, 0) is 4.79 Å². The van der Waals surface area contributed by atoms with Crippen LogP contribution in [0.2, 0.25) is 0 Å². The number of carbonyl (C=O) groups excluding carboxylic acids is 1. The predicted octanol–water partition coefficient (Wildman–Crippen LogP) is 3.75. The highest BCUT2D eigenvalue weighted by Crippen LogP contribution is 2.27. The maximum atomic E-state index is 12.1. The van der Waals surface area contributed by atoms with Gasteiger partial charge in [-0.15, -0.1) is 0 Å². The molecule has 1 saturated heterocycles. The van der Waals surface area contributed by atoms with Crippen molar-refractivity contribution in [2.45, 2.75) is 19.3 Å². The number of anilines is 2. The van der Waals surface area contributed by atoms with E-state index < -0.39 is 4.92 Å². The largest absolute Gasteiger partial charge is 0.375 e. The van der Waals surface area contributed by atoms with Crippen LogP contribution in [0.1, 0.15) is 24.8 Å². The van der Waals surface area contributed by atoms with Crippen molar-refractivity contribution in [1.29, 1.82) is 0 Å². The lowest BCUT2D eigenvalue weighted by molar-refractivity contribution is -0.384. The molecule has 0 unspecified atom stereocenters. The van der Waals surface area contributed by atoms with E-state index >= 15 is 0 Å². The summed E-state index contributed by atoms with van der Waals surface area (Å²) in [5, 5.41) is 18.2. The third-order valence-corrected chi connectivity index (χ3v) is 5.57. The van der Waals surface area contributed by atoms with E-state index in [9.17, 15) is 14.9 Å². The molecule has 0 saturated carbocycles. The summed E-state index contributed by atoms with van der Waals surface area (Å²) in [5.74, 6) is -0.300. The Balaban J connectivity index is 1.66. The monoisotopic (exact) mass is 507 g/mol. The molecule has 0 bridgehead atoms. The maximum Gasteiger partial charge on any atom is 0.270 e. The van der Waals surface area contributed by atoms with Crippen molar-refractivity contribution in [2.75, 3.05) is 29.9 Å². The Bertz CT molecular complexity index is 913. The molecule has 29 heavy (non-hydrogen) atoms. The number of amides is 1. The molecule has 152 valence electrons. The second-order valence-electron chi connectivity index (χ2n) is 6.67. The molecular formula is C20H22IN5O3. The van der Waals surface area contributed by atoms with Gasteiger partial charge in [-0.05, 0) is 60.1 Å². The minimum absolute atomic E-state index is 0.00106. The number of nitro benzene ring substituents is 1. The summed E-state index contributed by atoms with van der Waals surface area (Å²) in [6.07, 6.45) is 4.85. The minimum Gasteiger partial charge on any atom is -0.375 e. The fourth-order valence-electron chi connectivity index (χ4n) is 3.18. The molecule has 2 aromatic carbocycles. The smallest absolute Gasteiger partial charge is 0.270 e. The number of para-hydroxylation sites is 1. The van der Waals surface area contributed by atoms with Crippen LogP contribution in [-0.4, -0.2) is 36.7 Å². The van der Waals surface area contributed by atoms with E-state index in [2.05, 4.69) is 43.3 Å². The second kappa shape index (κ2) is 10.2. The molecule has 9 heteroatoms. The average molecular weight is 507 g/mol. The molecular weight excluding hydrogens is 485 g/mol. The highest BCUT2D eigenvalue weighted by molar-refractivity contribution is 14.1. The zero-order valence-corrected chi connectivity index (χ0v) is 18.0. The summed E-state index contributed by atoms with van der Waals surface area (Å²) in [6.45, 7) is 1.89. The van der Waals surface area contributed by atoms with E-state index in [4.69, 9.17) is 0 Å². The number of hydrogen-bond acceptors (Lipinski definition) is 6. The number of carbonyl (C=O) groups is 1. The quantitative estimate of drug-likeness (QED) is 0.258. The molecule has 0 atom stereocenters. The van der Waals surface area contributed by atoms with E-state index in [0.717, 1.165) is 40.9 Å². The van der Waals surface area contributed by atoms with Crippen LogP contribution in [0, 0.1) is 13.7 Å². The van der Waals surface area contributed by atoms with Crippen molar-refractivity contribution in [3.8, 4) is 0 Å². The molecule has 2 aromatic rings. The van der Waals surface area contributed by atoms with Gasteiger partial charge in [0.15, 0.2) is 0 Å². The standard InChI is InChI=1S/C20H22IN5O3/c21-17-6-2-3-7-18(17)22-14-20(27)24-23-13-15-12-16(26(28)29)8-9-19(15)25-10-4-1-5-11-25/h2-3,6-9,12-13,22H,1,4-5,10-11,14H2,(H,24,27)/b23-13+. The van der Waals surface area contributed by atoms with Crippen LogP contribution in [0.4, 0.5) is 17.1 Å². The minimum atomic E-state index is -0.429. The SMILES string of the molecule is O=C(CNc1ccccc1I)N/N=C/c1cc([N+](=O)[O-])ccc1N1CCCCC1. The highest BCUT2D eigenvalue weighted by Gasteiger charge is 2.17. The number of hydrogen-bond donors (Lipinski definition) is 2. The lowest BCUT2D eigenvalue weighted by Crippen LogP contribution is -2.30. The topological polar surface area (TPSA) is 99.9 Å². The predicted molar refractivity (Wildman–Crippen MR) is 123 cm³/mol. The highest BCUT2D eigenvalue weighted by atomic mass is 127. The van der Waals surface area contributed by atoms with Gasteiger partial charge in [0.1, 0.15) is 0 Å². The molecule has 1 amide bonds. The van der Waals surface area contributed by atoms with Gasteiger partial charge < -0.3 is 10.2 Å². The average Bonchev–Trinajstić information content (AvgIpc) is 2.73. The normalized spacial score (nSPS) is 14.0. The first kappa shape index (κ1) is 21.0. The number of nitrogens with zero attached hydrogens (tertiary/aromatic N) is 3.